The van der Waals surface area contributed by atoms with Crippen molar-refractivity contribution in [2.75, 3.05) is 7.11 Å². The summed E-state index contributed by atoms with van der Waals surface area (Å²) in [5, 5.41) is 4.05. The van der Waals surface area contributed by atoms with Gasteiger partial charge in [0.25, 0.3) is 0 Å². The van der Waals surface area contributed by atoms with Gasteiger partial charge in [-0.25, -0.2) is 0 Å². The minimum Gasteiger partial charge on any atom is -0.497 e. The predicted octanol–water partition coefficient (Wildman–Crippen LogP) is 4.43. The number of nitrogens with one attached hydrogen (secondary N) is 1. The van der Waals surface area contributed by atoms with E-state index >= 15 is 0 Å². The monoisotopic (exact) mass is 319 g/mol. The van der Waals surface area contributed by atoms with E-state index in [0.29, 0.717) is 5.02 Å². The molecule has 118 valence electrons. The van der Waals surface area contributed by atoms with Crippen LogP contribution in [0.2, 0.25) is 5.02 Å². The lowest BCUT2D eigenvalue weighted by Gasteiger charge is -2.12. The summed E-state index contributed by atoms with van der Waals surface area (Å²) in [6.07, 6.45) is 0.122. The Morgan fingerprint density at radius 1 is 1.00 bits per heavy atom. The highest BCUT2D eigenvalue weighted by molar-refractivity contribution is 6.32. The number of hydrogen-bond donors (Lipinski definition) is 1. The van der Waals surface area contributed by atoms with Gasteiger partial charge in [0.1, 0.15) is 11.5 Å². The molecule has 2 rings (SSSR count). The highest BCUT2D eigenvalue weighted by atomic mass is 35.5. The van der Waals surface area contributed by atoms with Crippen LogP contribution in [0.1, 0.15) is 25.0 Å². The Hall–Kier alpha value is -1.71. The van der Waals surface area contributed by atoms with E-state index in [9.17, 15) is 0 Å². The number of ether oxygens (including phenoxy) is 2. The van der Waals surface area contributed by atoms with Crippen LogP contribution >= 0.6 is 11.6 Å². The van der Waals surface area contributed by atoms with Crippen molar-refractivity contribution in [2.24, 2.45) is 0 Å². The highest BCUT2D eigenvalue weighted by Gasteiger charge is 2.05. The summed E-state index contributed by atoms with van der Waals surface area (Å²) in [7, 11) is 1.67. The van der Waals surface area contributed by atoms with Crippen LogP contribution < -0.4 is 14.8 Å². The van der Waals surface area contributed by atoms with Crippen LogP contribution in [0.25, 0.3) is 0 Å². The first-order valence-corrected chi connectivity index (χ1v) is 7.75. The summed E-state index contributed by atoms with van der Waals surface area (Å²) in [4.78, 5) is 0. The van der Waals surface area contributed by atoms with Crippen molar-refractivity contribution in [3.05, 3.63) is 58.6 Å². The van der Waals surface area contributed by atoms with Crippen molar-refractivity contribution in [3.63, 3.8) is 0 Å². The first-order chi connectivity index (χ1) is 10.6. The smallest absolute Gasteiger partial charge is 0.138 e. The molecule has 1 N–H and O–H groups in total. The van der Waals surface area contributed by atoms with Crippen molar-refractivity contribution < 1.29 is 9.47 Å². The summed E-state index contributed by atoms with van der Waals surface area (Å²) < 4.78 is 10.8. The minimum atomic E-state index is 0.122. The summed E-state index contributed by atoms with van der Waals surface area (Å²) in [6.45, 7) is 5.53. The lowest BCUT2D eigenvalue weighted by molar-refractivity contribution is 0.242. The normalized spacial score (nSPS) is 10.8. The molecule has 2 aromatic carbocycles. The largest absolute Gasteiger partial charge is 0.497 e. The topological polar surface area (TPSA) is 30.5 Å². The van der Waals surface area contributed by atoms with Gasteiger partial charge in [-0.05, 0) is 49.2 Å². The Labute approximate surface area is 137 Å². The maximum atomic E-state index is 6.24. The summed E-state index contributed by atoms with van der Waals surface area (Å²) in [5.74, 6) is 1.60. The van der Waals surface area contributed by atoms with E-state index in [-0.39, 0.29) is 6.10 Å². The quantitative estimate of drug-likeness (QED) is 0.819. The van der Waals surface area contributed by atoms with Crippen LogP contribution in [0, 0.1) is 0 Å². The Balaban J connectivity index is 1.87. The molecular weight excluding hydrogens is 298 g/mol. The zero-order valence-corrected chi connectivity index (χ0v) is 14.0. The van der Waals surface area contributed by atoms with E-state index < -0.39 is 0 Å². The molecule has 0 saturated heterocycles. The second kappa shape index (κ2) is 8.06. The zero-order valence-electron chi connectivity index (χ0n) is 13.2. The van der Waals surface area contributed by atoms with Crippen LogP contribution in [0.4, 0.5) is 0 Å². The Morgan fingerprint density at radius 3 is 2.23 bits per heavy atom. The fraction of sp³-hybridized carbons (Fsp3) is 0.333. The van der Waals surface area contributed by atoms with Gasteiger partial charge in [-0.2, -0.15) is 0 Å². The number of methoxy groups -OCH3 is 1. The second-order valence-electron chi connectivity index (χ2n) is 5.38. The molecule has 0 aromatic heterocycles. The molecule has 22 heavy (non-hydrogen) atoms. The van der Waals surface area contributed by atoms with Gasteiger partial charge in [0.05, 0.1) is 18.2 Å². The maximum Gasteiger partial charge on any atom is 0.138 e. The third-order valence-corrected chi connectivity index (χ3v) is 3.47. The van der Waals surface area contributed by atoms with Gasteiger partial charge in [0.15, 0.2) is 0 Å². The molecule has 0 heterocycles. The summed E-state index contributed by atoms with van der Waals surface area (Å²) in [5.41, 5.74) is 2.35. The van der Waals surface area contributed by atoms with E-state index in [4.69, 9.17) is 21.1 Å². The molecule has 0 aliphatic carbocycles. The minimum absolute atomic E-state index is 0.122. The predicted molar refractivity (Wildman–Crippen MR) is 90.8 cm³/mol. The summed E-state index contributed by atoms with van der Waals surface area (Å²) in [6, 6.07) is 13.9. The number of halogens is 1. The molecule has 3 nitrogen and oxygen atoms in total. The van der Waals surface area contributed by atoms with Crippen LogP contribution in [0.15, 0.2) is 42.5 Å². The average molecular weight is 320 g/mol. The van der Waals surface area contributed by atoms with Crippen molar-refractivity contribution in [1.29, 1.82) is 0 Å². The molecule has 0 radical (unpaired) electrons. The first kappa shape index (κ1) is 16.7. The Morgan fingerprint density at radius 2 is 1.64 bits per heavy atom. The van der Waals surface area contributed by atoms with Crippen molar-refractivity contribution in [1.82, 2.24) is 5.32 Å². The van der Waals surface area contributed by atoms with Crippen molar-refractivity contribution in [2.45, 2.75) is 33.0 Å². The number of benzene rings is 2. The van der Waals surface area contributed by atoms with E-state index in [2.05, 4.69) is 17.4 Å². The van der Waals surface area contributed by atoms with Gasteiger partial charge in [-0.3, -0.25) is 0 Å². The molecule has 0 amide bonds. The molecule has 0 bridgehead atoms. The molecule has 2 aromatic rings. The molecule has 0 spiro atoms. The molecular formula is C18H22ClNO2. The van der Waals surface area contributed by atoms with Gasteiger partial charge in [-0.15, -0.1) is 0 Å². The first-order valence-electron chi connectivity index (χ1n) is 7.37. The lowest BCUT2D eigenvalue weighted by Crippen LogP contribution is -2.13. The molecule has 0 aliphatic heterocycles. The fourth-order valence-corrected chi connectivity index (χ4v) is 2.35. The molecule has 0 atom stereocenters. The van der Waals surface area contributed by atoms with Crippen molar-refractivity contribution >= 4 is 11.6 Å². The summed E-state index contributed by atoms with van der Waals surface area (Å²) >= 11 is 6.24. The lowest BCUT2D eigenvalue weighted by atomic mass is 10.2. The average Bonchev–Trinajstić information content (AvgIpc) is 2.50. The Bertz CT molecular complexity index is 597. The van der Waals surface area contributed by atoms with Gasteiger partial charge in [0, 0.05) is 13.1 Å². The molecule has 0 unspecified atom stereocenters. The molecule has 0 saturated carbocycles. The molecule has 0 fully saturated rings. The van der Waals surface area contributed by atoms with Crippen LogP contribution in [0.3, 0.4) is 0 Å². The van der Waals surface area contributed by atoms with Crippen LogP contribution in [0.5, 0.6) is 11.5 Å². The van der Waals surface area contributed by atoms with Crippen molar-refractivity contribution in [3.8, 4) is 11.5 Å². The van der Waals surface area contributed by atoms with Gasteiger partial charge in [0.2, 0.25) is 0 Å². The van der Waals surface area contributed by atoms with E-state index in [0.717, 1.165) is 30.2 Å². The SMILES string of the molecule is COc1ccc(CNCc2ccc(OC(C)C)c(Cl)c2)cc1. The third-order valence-electron chi connectivity index (χ3n) is 3.18. The van der Waals surface area contributed by atoms with Crippen LogP contribution in [-0.4, -0.2) is 13.2 Å². The number of hydrogen-bond acceptors (Lipinski definition) is 3. The Kier molecular flexibility index (Phi) is 6.10. The van der Waals surface area contributed by atoms with Gasteiger partial charge < -0.3 is 14.8 Å². The molecule has 0 aliphatic rings. The standard InChI is InChI=1S/C18H22ClNO2/c1-13(2)22-18-9-6-15(10-17(18)19)12-20-11-14-4-7-16(21-3)8-5-14/h4-10,13,20H,11-12H2,1-3H3. The highest BCUT2D eigenvalue weighted by Crippen LogP contribution is 2.26. The maximum absolute atomic E-state index is 6.24. The van der Waals surface area contributed by atoms with E-state index in [1.54, 1.807) is 7.11 Å². The second-order valence-corrected chi connectivity index (χ2v) is 5.79. The van der Waals surface area contributed by atoms with Crippen LogP contribution in [-0.2, 0) is 13.1 Å². The van der Waals surface area contributed by atoms with E-state index in [1.165, 1.54) is 5.56 Å². The fourth-order valence-electron chi connectivity index (χ4n) is 2.10. The van der Waals surface area contributed by atoms with Gasteiger partial charge in [-0.1, -0.05) is 29.8 Å². The number of rotatable bonds is 7. The zero-order chi connectivity index (χ0) is 15.9. The van der Waals surface area contributed by atoms with Gasteiger partial charge >= 0.3 is 0 Å². The molecule has 4 heteroatoms. The van der Waals surface area contributed by atoms with E-state index in [1.807, 2.05) is 44.2 Å². The third kappa shape index (κ3) is 4.93.